The first-order chi connectivity index (χ1) is 11.3. The van der Waals surface area contributed by atoms with E-state index in [1.54, 1.807) is 23.5 Å². The summed E-state index contributed by atoms with van der Waals surface area (Å²) >= 11 is 1.37. The number of hydrogen-bond acceptors (Lipinski definition) is 7. The first kappa shape index (κ1) is 14.0. The molecule has 116 valence electrons. The number of likely N-dealkylation sites (tertiary alicyclic amines) is 1. The number of carbonyl (C=O) groups excluding carboxylic acids is 1. The van der Waals surface area contributed by atoms with Gasteiger partial charge < -0.3 is 9.42 Å². The minimum atomic E-state index is -0.120. The lowest BCUT2D eigenvalue weighted by Gasteiger charge is -2.21. The summed E-state index contributed by atoms with van der Waals surface area (Å²) in [4.78, 5) is 27.7. The number of nitrogens with zero attached hydrogens (tertiary/aromatic N) is 5. The van der Waals surface area contributed by atoms with E-state index in [-0.39, 0.29) is 11.9 Å². The van der Waals surface area contributed by atoms with E-state index in [2.05, 4.69) is 20.1 Å². The van der Waals surface area contributed by atoms with Crippen molar-refractivity contribution in [2.45, 2.75) is 18.9 Å². The number of amides is 1. The molecule has 1 atom stereocenters. The molecule has 0 aromatic carbocycles. The van der Waals surface area contributed by atoms with Gasteiger partial charge in [-0.1, -0.05) is 5.16 Å². The molecule has 4 rings (SSSR count). The Balaban J connectivity index is 1.59. The molecule has 3 aromatic heterocycles. The average Bonchev–Trinajstić information content (AvgIpc) is 3.34. The predicted molar refractivity (Wildman–Crippen MR) is 82.7 cm³/mol. The van der Waals surface area contributed by atoms with Gasteiger partial charge >= 0.3 is 0 Å². The summed E-state index contributed by atoms with van der Waals surface area (Å²) in [7, 11) is 0. The molecule has 1 aliphatic heterocycles. The van der Waals surface area contributed by atoms with Gasteiger partial charge in [0, 0.05) is 24.5 Å². The Bertz CT molecular complexity index is 802. The summed E-state index contributed by atoms with van der Waals surface area (Å²) in [6.45, 7) is 0.693. The quantitative estimate of drug-likeness (QED) is 0.735. The molecule has 1 aliphatic rings. The van der Waals surface area contributed by atoms with Gasteiger partial charge in [0.05, 0.1) is 12.2 Å². The Kier molecular flexibility index (Phi) is 3.58. The van der Waals surface area contributed by atoms with Crippen LogP contribution in [-0.4, -0.2) is 37.5 Å². The molecule has 8 heteroatoms. The van der Waals surface area contributed by atoms with Crippen LogP contribution in [0.1, 0.15) is 34.4 Å². The fourth-order valence-corrected chi connectivity index (χ4v) is 3.60. The predicted octanol–water partition coefficient (Wildman–Crippen LogP) is 2.57. The van der Waals surface area contributed by atoms with Gasteiger partial charge in [-0.05, 0) is 25.0 Å². The van der Waals surface area contributed by atoms with Crippen LogP contribution in [0.2, 0.25) is 0 Å². The van der Waals surface area contributed by atoms with Gasteiger partial charge in [-0.2, -0.15) is 4.98 Å². The molecule has 0 unspecified atom stereocenters. The number of aromatic nitrogens is 4. The van der Waals surface area contributed by atoms with Crippen LogP contribution in [0.15, 0.2) is 41.6 Å². The zero-order chi connectivity index (χ0) is 15.6. The third-order valence-corrected chi connectivity index (χ3v) is 4.85. The van der Waals surface area contributed by atoms with Gasteiger partial charge in [0.15, 0.2) is 5.82 Å². The normalized spacial score (nSPS) is 17.6. The molecule has 0 radical (unpaired) electrons. The van der Waals surface area contributed by atoms with Gasteiger partial charge in [-0.25, -0.2) is 4.98 Å². The fraction of sp³-hybridized carbons (Fsp3) is 0.267. The molecule has 1 amide bonds. The maximum atomic E-state index is 12.8. The van der Waals surface area contributed by atoms with Gasteiger partial charge in [-0.15, -0.1) is 11.3 Å². The third kappa shape index (κ3) is 2.61. The first-order valence-electron chi connectivity index (χ1n) is 7.26. The minimum Gasteiger partial charge on any atom is -0.343 e. The fourth-order valence-electron chi connectivity index (χ4n) is 2.74. The lowest BCUT2D eigenvalue weighted by atomic mass is 10.2. The van der Waals surface area contributed by atoms with Crippen LogP contribution in [0.5, 0.6) is 0 Å². The molecular formula is C15H13N5O2S. The van der Waals surface area contributed by atoms with Gasteiger partial charge in [0.1, 0.15) is 9.88 Å². The highest BCUT2D eigenvalue weighted by molar-refractivity contribution is 7.16. The van der Waals surface area contributed by atoms with E-state index in [1.807, 2.05) is 12.1 Å². The number of carbonyl (C=O) groups is 1. The van der Waals surface area contributed by atoms with Crippen LogP contribution in [-0.2, 0) is 0 Å². The minimum absolute atomic E-state index is 0.0371. The summed E-state index contributed by atoms with van der Waals surface area (Å²) in [6, 6.07) is 3.66. The molecule has 23 heavy (non-hydrogen) atoms. The number of hydrogen-bond donors (Lipinski definition) is 0. The summed E-state index contributed by atoms with van der Waals surface area (Å²) in [5.74, 6) is 0.526. The van der Waals surface area contributed by atoms with Crippen LogP contribution in [0.3, 0.4) is 0 Å². The van der Waals surface area contributed by atoms with E-state index in [4.69, 9.17) is 4.52 Å². The number of pyridine rings is 1. The molecular weight excluding hydrogens is 314 g/mol. The second-order valence-electron chi connectivity index (χ2n) is 5.22. The van der Waals surface area contributed by atoms with Gasteiger partial charge in [0.2, 0.25) is 6.39 Å². The van der Waals surface area contributed by atoms with Crippen molar-refractivity contribution in [3.05, 3.63) is 47.8 Å². The van der Waals surface area contributed by atoms with Crippen molar-refractivity contribution in [2.24, 2.45) is 0 Å². The van der Waals surface area contributed by atoms with Crippen molar-refractivity contribution in [1.82, 2.24) is 25.0 Å². The van der Waals surface area contributed by atoms with E-state index in [9.17, 15) is 4.79 Å². The lowest BCUT2D eigenvalue weighted by Crippen LogP contribution is -2.30. The van der Waals surface area contributed by atoms with E-state index >= 15 is 0 Å². The SMILES string of the molecule is O=C(c1cnc(-c2cccnc2)s1)N1CCC[C@H]1c1ncon1. The molecule has 0 aliphatic carbocycles. The first-order valence-corrected chi connectivity index (χ1v) is 8.08. The van der Waals surface area contributed by atoms with Crippen LogP contribution in [0.25, 0.3) is 10.6 Å². The summed E-state index contributed by atoms with van der Waals surface area (Å²) in [6.07, 6.45) is 8.15. The molecule has 4 heterocycles. The van der Waals surface area contributed by atoms with Gasteiger partial charge in [0.25, 0.3) is 5.91 Å². The Hall–Kier alpha value is -2.61. The van der Waals surface area contributed by atoms with Crippen molar-refractivity contribution >= 4 is 17.2 Å². The smallest absolute Gasteiger partial charge is 0.266 e. The second-order valence-corrected chi connectivity index (χ2v) is 6.25. The Morgan fingerprint density at radius 2 is 2.30 bits per heavy atom. The van der Waals surface area contributed by atoms with Gasteiger partial charge in [-0.3, -0.25) is 9.78 Å². The summed E-state index contributed by atoms with van der Waals surface area (Å²) in [5.41, 5.74) is 0.910. The zero-order valence-electron chi connectivity index (χ0n) is 12.1. The summed E-state index contributed by atoms with van der Waals surface area (Å²) in [5, 5.41) is 4.67. The maximum Gasteiger partial charge on any atom is 0.266 e. The van der Waals surface area contributed by atoms with E-state index in [0.29, 0.717) is 17.2 Å². The molecule has 0 bridgehead atoms. The molecule has 1 saturated heterocycles. The van der Waals surface area contributed by atoms with Crippen LogP contribution in [0, 0.1) is 0 Å². The standard InChI is InChI=1S/C15H13N5O2S/c21-15(20-6-2-4-11(20)13-18-9-22-19-13)12-8-17-14(23-12)10-3-1-5-16-7-10/h1,3,5,7-9,11H,2,4,6H2/t11-/m0/s1. The highest BCUT2D eigenvalue weighted by Gasteiger charge is 2.34. The largest absolute Gasteiger partial charge is 0.343 e. The van der Waals surface area contributed by atoms with Crippen molar-refractivity contribution in [3.8, 4) is 10.6 Å². The maximum absolute atomic E-state index is 12.8. The summed E-state index contributed by atoms with van der Waals surface area (Å²) < 4.78 is 4.81. The van der Waals surface area contributed by atoms with Crippen molar-refractivity contribution in [3.63, 3.8) is 0 Å². The molecule has 0 spiro atoms. The van der Waals surface area contributed by atoms with E-state index in [1.165, 1.54) is 17.7 Å². The van der Waals surface area contributed by atoms with E-state index in [0.717, 1.165) is 23.4 Å². The average molecular weight is 327 g/mol. The molecule has 3 aromatic rings. The van der Waals surface area contributed by atoms with Crippen molar-refractivity contribution in [2.75, 3.05) is 6.54 Å². The van der Waals surface area contributed by atoms with Crippen LogP contribution >= 0.6 is 11.3 Å². The van der Waals surface area contributed by atoms with Crippen LogP contribution in [0.4, 0.5) is 0 Å². The van der Waals surface area contributed by atoms with Crippen LogP contribution < -0.4 is 0 Å². The Morgan fingerprint density at radius 3 is 3.09 bits per heavy atom. The zero-order valence-corrected chi connectivity index (χ0v) is 12.9. The molecule has 0 saturated carbocycles. The lowest BCUT2D eigenvalue weighted by molar-refractivity contribution is 0.0733. The monoisotopic (exact) mass is 327 g/mol. The molecule has 7 nitrogen and oxygen atoms in total. The highest BCUT2D eigenvalue weighted by Crippen LogP contribution is 2.33. The second kappa shape index (κ2) is 5.88. The van der Waals surface area contributed by atoms with Crippen molar-refractivity contribution in [1.29, 1.82) is 0 Å². The number of thiazole rings is 1. The highest BCUT2D eigenvalue weighted by atomic mass is 32.1. The van der Waals surface area contributed by atoms with E-state index < -0.39 is 0 Å². The third-order valence-electron chi connectivity index (χ3n) is 3.82. The molecule has 1 fully saturated rings. The number of rotatable bonds is 3. The van der Waals surface area contributed by atoms with Crippen molar-refractivity contribution < 1.29 is 9.32 Å². The molecule has 0 N–H and O–H groups in total. The Morgan fingerprint density at radius 1 is 1.35 bits per heavy atom. The topological polar surface area (TPSA) is 85.0 Å². The Labute approximate surface area is 136 Å².